The van der Waals surface area contributed by atoms with Gasteiger partial charge >= 0.3 is 0 Å². The molecule has 0 aliphatic heterocycles. The summed E-state index contributed by atoms with van der Waals surface area (Å²) in [4.78, 5) is 5.26. The smallest absolute Gasteiger partial charge is 0.219 e. The highest BCUT2D eigenvalue weighted by atomic mass is 35.5. The molecule has 0 amide bonds. The van der Waals surface area contributed by atoms with E-state index in [9.17, 15) is 4.39 Å². The number of rotatable bonds is 4. The minimum absolute atomic E-state index is 0.241. The van der Waals surface area contributed by atoms with E-state index < -0.39 is 0 Å². The molecule has 0 saturated carbocycles. The number of hydrogen-bond donors (Lipinski definition) is 2. The van der Waals surface area contributed by atoms with Gasteiger partial charge in [0.2, 0.25) is 5.95 Å². The Bertz CT molecular complexity index is 691. The summed E-state index contributed by atoms with van der Waals surface area (Å²) in [6.07, 6.45) is 0. The molecule has 3 aromatic rings. The molecule has 3 rings (SSSR count). The van der Waals surface area contributed by atoms with E-state index in [-0.39, 0.29) is 12.4 Å². The van der Waals surface area contributed by atoms with E-state index in [0.717, 1.165) is 4.88 Å². The van der Waals surface area contributed by atoms with Crippen LogP contribution in [0, 0.1) is 5.82 Å². The van der Waals surface area contributed by atoms with Crippen LogP contribution in [0.1, 0.15) is 5.56 Å². The molecule has 1 aromatic carbocycles. The van der Waals surface area contributed by atoms with Gasteiger partial charge in [-0.25, -0.2) is 9.49 Å². The third-order valence-electron chi connectivity index (χ3n) is 2.72. The van der Waals surface area contributed by atoms with E-state index >= 15 is 0 Å². The van der Waals surface area contributed by atoms with E-state index in [1.807, 2.05) is 17.5 Å². The Morgan fingerprint density at radius 2 is 2.20 bits per heavy atom. The van der Waals surface area contributed by atoms with Crippen LogP contribution in [0.15, 0.2) is 35.7 Å². The maximum atomic E-state index is 13.6. The van der Waals surface area contributed by atoms with Crippen molar-refractivity contribution in [2.24, 2.45) is 0 Å². The quantitative estimate of drug-likeness (QED) is 0.767. The number of aromatic amines is 1. The molecule has 0 unspecified atom stereocenters. The fourth-order valence-corrected chi connectivity index (χ4v) is 2.62. The van der Waals surface area contributed by atoms with Crippen molar-refractivity contribution >= 4 is 28.9 Å². The van der Waals surface area contributed by atoms with E-state index in [2.05, 4.69) is 20.5 Å². The van der Waals surface area contributed by atoms with Gasteiger partial charge in [-0.3, -0.25) is 0 Å². The van der Waals surface area contributed by atoms with Crippen LogP contribution in [0.3, 0.4) is 0 Å². The number of anilines is 1. The van der Waals surface area contributed by atoms with Gasteiger partial charge in [-0.2, -0.15) is 10.1 Å². The summed E-state index contributed by atoms with van der Waals surface area (Å²) in [5, 5.41) is 12.2. The molecule has 0 atom stereocenters. The minimum Gasteiger partial charge on any atom is -0.350 e. The van der Waals surface area contributed by atoms with Crippen LogP contribution in [0.5, 0.6) is 0 Å². The highest BCUT2D eigenvalue weighted by molar-refractivity contribution is 7.13. The zero-order valence-electron chi connectivity index (χ0n) is 10.2. The number of thiophene rings is 1. The summed E-state index contributed by atoms with van der Waals surface area (Å²) < 4.78 is 13.6. The van der Waals surface area contributed by atoms with Crippen LogP contribution in [-0.2, 0) is 6.54 Å². The number of nitrogens with one attached hydrogen (secondary N) is 2. The summed E-state index contributed by atoms with van der Waals surface area (Å²) in [6.45, 7) is 0.241. The second-order valence-electron chi connectivity index (χ2n) is 4.04. The summed E-state index contributed by atoms with van der Waals surface area (Å²) in [6, 6.07) is 8.47. The number of hydrogen-bond acceptors (Lipinski definition) is 4. The molecule has 0 saturated heterocycles. The Morgan fingerprint density at radius 3 is 2.95 bits per heavy atom. The SMILES string of the molecule is Fc1cccc(Cl)c1CNc1nc(-c2cccs2)n[nH]1. The molecular formula is C13H10ClFN4S. The molecule has 0 radical (unpaired) electrons. The van der Waals surface area contributed by atoms with Gasteiger partial charge in [-0.05, 0) is 23.6 Å². The lowest BCUT2D eigenvalue weighted by Gasteiger charge is -2.06. The molecule has 7 heteroatoms. The summed E-state index contributed by atoms with van der Waals surface area (Å²) >= 11 is 7.51. The first kappa shape index (κ1) is 13.1. The first-order valence-corrected chi connectivity index (χ1v) is 7.13. The zero-order valence-corrected chi connectivity index (χ0v) is 11.8. The Morgan fingerprint density at radius 1 is 1.30 bits per heavy atom. The zero-order chi connectivity index (χ0) is 13.9. The maximum absolute atomic E-state index is 13.6. The fourth-order valence-electron chi connectivity index (χ4n) is 1.73. The lowest BCUT2D eigenvalue weighted by Crippen LogP contribution is -2.03. The second-order valence-corrected chi connectivity index (χ2v) is 5.39. The molecule has 102 valence electrons. The molecule has 20 heavy (non-hydrogen) atoms. The van der Waals surface area contributed by atoms with Crippen molar-refractivity contribution in [2.75, 3.05) is 5.32 Å². The maximum Gasteiger partial charge on any atom is 0.219 e. The van der Waals surface area contributed by atoms with Crippen LogP contribution in [0.4, 0.5) is 10.3 Å². The van der Waals surface area contributed by atoms with Gasteiger partial charge in [0.05, 0.1) is 4.88 Å². The van der Waals surface area contributed by atoms with Crippen molar-refractivity contribution in [1.29, 1.82) is 0 Å². The molecular weight excluding hydrogens is 299 g/mol. The second kappa shape index (κ2) is 5.60. The average Bonchev–Trinajstić information content (AvgIpc) is 3.09. The standard InChI is InChI=1S/C13H10ClFN4S/c14-9-3-1-4-10(15)8(9)7-16-13-17-12(18-19-13)11-5-2-6-20-11/h1-6H,7H2,(H2,16,17,18,19). The lowest BCUT2D eigenvalue weighted by atomic mass is 10.2. The van der Waals surface area contributed by atoms with Crippen molar-refractivity contribution in [3.63, 3.8) is 0 Å². The molecule has 4 nitrogen and oxygen atoms in total. The van der Waals surface area contributed by atoms with E-state index in [0.29, 0.717) is 22.4 Å². The first-order valence-electron chi connectivity index (χ1n) is 5.87. The molecule has 0 bridgehead atoms. The van der Waals surface area contributed by atoms with Crippen molar-refractivity contribution in [3.8, 4) is 10.7 Å². The summed E-state index contributed by atoms with van der Waals surface area (Å²) in [5.41, 5.74) is 0.406. The normalized spacial score (nSPS) is 10.7. The van der Waals surface area contributed by atoms with Gasteiger partial charge < -0.3 is 5.32 Å². The number of H-pyrrole nitrogens is 1. The highest BCUT2D eigenvalue weighted by Crippen LogP contribution is 2.22. The van der Waals surface area contributed by atoms with Crippen LogP contribution < -0.4 is 5.32 Å². The Hall–Kier alpha value is -1.92. The molecule has 2 heterocycles. The Labute approximate surface area is 123 Å². The number of aromatic nitrogens is 3. The molecule has 0 aliphatic carbocycles. The van der Waals surface area contributed by atoms with E-state index in [1.54, 1.807) is 23.5 Å². The molecule has 2 N–H and O–H groups in total. The van der Waals surface area contributed by atoms with Crippen molar-refractivity contribution in [3.05, 3.63) is 52.1 Å². The minimum atomic E-state index is -0.344. The predicted molar refractivity (Wildman–Crippen MR) is 78.4 cm³/mol. The van der Waals surface area contributed by atoms with Gasteiger partial charge in [0.1, 0.15) is 5.82 Å². The largest absolute Gasteiger partial charge is 0.350 e. The van der Waals surface area contributed by atoms with Crippen LogP contribution >= 0.6 is 22.9 Å². The number of benzene rings is 1. The Kier molecular flexibility index (Phi) is 3.66. The van der Waals surface area contributed by atoms with Crippen molar-refractivity contribution in [1.82, 2.24) is 15.2 Å². The first-order chi connectivity index (χ1) is 9.74. The molecule has 0 spiro atoms. The third-order valence-corrected chi connectivity index (χ3v) is 3.94. The van der Waals surface area contributed by atoms with E-state index in [1.165, 1.54) is 6.07 Å². The van der Waals surface area contributed by atoms with E-state index in [4.69, 9.17) is 11.6 Å². The van der Waals surface area contributed by atoms with Crippen molar-refractivity contribution in [2.45, 2.75) is 6.54 Å². The average molecular weight is 309 g/mol. The fraction of sp³-hybridized carbons (Fsp3) is 0.0769. The van der Waals surface area contributed by atoms with Crippen LogP contribution in [-0.4, -0.2) is 15.2 Å². The molecule has 0 aliphatic rings. The molecule has 0 fully saturated rings. The van der Waals surface area contributed by atoms with Crippen molar-refractivity contribution < 1.29 is 4.39 Å². The predicted octanol–water partition coefficient (Wildman–Crippen LogP) is 3.94. The highest BCUT2D eigenvalue weighted by Gasteiger charge is 2.09. The lowest BCUT2D eigenvalue weighted by molar-refractivity contribution is 0.613. The van der Waals surface area contributed by atoms with Crippen LogP contribution in [0.25, 0.3) is 10.7 Å². The van der Waals surface area contributed by atoms with Gasteiger partial charge in [-0.1, -0.05) is 23.7 Å². The number of nitrogens with zero attached hydrogens (tertiary/aromatic N) is 2. The Balaban J connectivity index is 1.73. The summed E-state index contributed by atoms with van der Waals surface area (Å²) in [5.74, 6) is 0.748. The monoisotopic (exact) mass is 308 g/mol. The summed E-state index contributed by atoms with van der Waals surface area (Å²) in [7, 11) is 0. The number of halogens is 2. The topological polar surface area (TPSA) is 53.6 Å². The van der Waals surface area contributed by atoms with Crippen LogP contribution in [0.2, 0.25) is 5.02 Å². The molecule has 2 aromatic heterocycles. The van der Waals surface area contributed by atoms with Gasteiger partial charge in [0.15, 0.2) is 5.82 Å². The van der Waals surface area contributed by atoms with Gasteiger partial charge in [0, 0.05) is 17.1 Å². The van der Waals surface area contributed by atoms with Gasteiger partial charge in [-0.15, -0.1) is 11.3 Å². The van der Waals surface area contributed by atoms with Gasteiger partial charge in [0.25, 0.3) is 0 Å². The third kappa shape index (κ3) is 2.66.